The molecule has 0 aromatic heterocycles. The van der Waals surface area contributed by atoms with Gasteiger partial charge in [0.15, 0.2) is 6.10 Å². The highest BCUT2D eigenvalue weighted by molar-refractivity contribution is 5.89. The maximum Gasteiger partial charge on any atom is 0.332 e. The molecule has 0 bridgehead atoms. The van der Waals surface area contributed by atoms with E-state index in [4.69, 9.17) is 5.11 Å². The lowest BCUT2D eigenvalue weighted by Crippen LogP contribution is -2.49. The number of aryl methyl sites for hydroxylation is 1. The Morgan fingerprint density at radius 2 is 2.10 bits per heavy atom. The van der Waals surface area contributed by atoms with Crippen molar-refractivity contribution in [2.24, 2.45) is 0 Å². The predicted octanol–water partition coefficient (Wildman–Crippen LogP) is 1.37. The molecular weight excluding hydrogens is 270 g/mol. The Bertz CT molecular complexity index is 537. The number of carboxylic acids is 1. The fourth-order valence-corrected chi connectivity index (χ4v) is 2.73. The number of aliphatic hydroxyl groups excluding tert-OH is 1. The first-order valence-electron chi connectivity index (χ1n) is 7.22. The Labute approximate surface area is 124 Å². The molecule has 114 valence electrons. The predicted molar refractivity (Wildman–Crippen MR) is 78.0 cm³/mol. The summed E-state index contributed by atoms with van der Waals surface area (Å²) in [4.78, 5) is 23.0. The molecule has 1 aliphatic carbocycles. The number of amides is 1. The molecule has 1 aromatic carbocycles. The lowest BCUT2D eigenvalue weighted by molar-refractivity contribution is -0.147. The monoisotopic (exact) mass is 291 g/mol. The number of nitrogens with one attached hydrogen (secondary N) is 1. The van der Waals surface area contributed by atoms with Gasteiger partial charge in [-0.05, 0) is 25.3 Å². The van der Waals surface area contributed by atoms with Gasteiger partial charge in [0.1, 0.15) is 0 Å². The summed E-state index contributed by atoms with van der Waals surface area (Å²) in [5, 5.41) is 20.6. The zero-order chi connectivity index (χ0) is 15.5. The third-order valence-corrected chi connectivity index (χ3v) is 4.20. The molecule has 21 heavy (non-hydrogen) atoms. The SMILES string of the molecule is Cc1cccc(C2(C(=O)NCCC(O)C(=O)O)CCC2)c1. The zero-order valence-electron chi connectivity index (χ0n) is 12.1. The van der Waals surface area contributed by atoms with Crippen molar-refractivity contribution < 1.29 is 19.8 Å². The summed E-state index contributed by atoms with van der Waals surface area (Å²) in [5.74, 6) is -1.33. The number of hydrogen-bond donors (Lipinski definition) is 3. The van der Waals surface area contributed by atoms with Crippen LogP contribution in [0, 0.1) is 6.92 Å². The van der Waals surface area contributed by atoms with Crippen LogP contribution in [0.2, 0.25) is 0 Å². The lowest BCUT2D eigenvalue weighted by atomic mass is 9.63. The van der Waals surface area contributed by atoms with Gasteiger partial charge in [-0.15, -0.1) is 0 Å². The summed E-state index contributed by atoms with van der Waals surface area (Å²) in [6.45, 7) is 2.16. The smallest absolute Gasteiger partial charge is 0.332 e. The molecule has 0 radical (unpaired) electrons. The molecule has 1 aromatic rings. The molecule has 0 aliphatic heterocycles. The van der Waals surface area contributed by atoms with Crippen molar-refractivity contribution in [2.75, 3.05) is 6.54 Å². The van der Waals surface area contributed by atoms with Gasteiger partial charge in [-0.3, -0.25) is 4.79 Å². The molecule has 1 saturated carbocycles. The van der Waals surface area contributed by atoms with Crippen molar-refractivity contribution >= 4 is 11.9 Å². The quantitative estimate of drug-likeness (QED) is 0.739. The Hall–Kier alpha value is -1.88. The maximum atomic E-state index is 12.5. The van der Waals surface area contributed by atoms with Crippen LogP contribution >= 0.6 is 0 Å². The van der Waals surface area contributed by atoms with E-state index in [-0.39, 0.29) is 18.9 Å². The van der Waals surface area contributed by atoms with E-state index in [9.17, 15) is 14.7 Å². The summed E-state index contributed by atoms with van der Waals surface area (Å²) in [6, 6.07) is 7.95. The van der Waals surface area contributed by atoms with Gasteiger partial charge in [0.2, 0.25) is 5.91 Å². The number of carbonyl (C=O) groups is 2. The van der Waals surface area contributed by atoms with Crippen molar-refractivity contribution in [2.45, 2.75) is 44.1 Å². The standard InChI is InChI=1S/C16H21NO4/c1-11-4-2-5-12(10-11)16(7-3-8-16)15(21)17-9-6-13(18)14(19)20/h2,4-5,10,13,18H,3,6-9H2,1H3,(H,17,21)(H,19,20). The van der Waals surface area contributed by atoms with Crippen LogP contribution in [0.3, 0.4) is 0 Å². The third-order valence-electron chi connectivity index (χ3n) is 4.20. The van der Waals surface area contributed by atoms with Crippen LogP contribution in [0.15, 0.2) is 24.3 Å². The minimum Gasteiger partial charge on any atom is -0.479 e. The van der Waals surface area contributed by atoms with Gasteiger partial charge in [-0.25, -0.2) is 4.79 Å². The number of benzene rings is 1. The second kappa shape index (κ2) is 6.26. The van der Waals surface area contributed by atoms with E-state index in [2.05, 4.69) is 5.32 Å². The second-order valence-corrected chi connectivity index (χ2v) is 5.70. The van der Waals surface area contributed by atoms with E-state index in [0.717, 1.165) is 30.4 Å². The molecule has 0 spiro atoms. The summed E-state index contributed by atoms with van der Waals surface area (Å²) in [6.07, 6.45) is 1.22. The molecule has 0 saturated heterocycles. The van der Waals surface area contributed by atoms with E-state index in [1.807, 2.05) is 31.2 Å². The highest BCUT2D eigenvalue weighted by Gasteiger charge is 2.45. The van der Waals surface area contributed by atoms with Gasteiger partial charge < -0.3 is 15.5 Å². The average molecular weight is 291 g/mol. The Morgan fingerprint density at radius 1 is 1.38 bits per heavy atom. The van der Waals surface area contributed by atoms with Crippen molar-refractivity contribution in [1.82, 2.24) is 5.32 Å². The number of aliphatic hydroxyl groups is 1. The summed E-state index contributed by atoms with van der Waals surface area (Å²) in [5.41, 5.74) is 1.65. The Kier molecular flexibility index (Phi) is 4.63. The number of hydrogen-bond acceptors (Lipinski definition) is 3. The van der Waals surface area contributed by atoms with Crippen molar-refractivity contribution in [3.05, 3.63) is 35.4 Å². The zero-order valence-corrected chi connectivity index (χ0v) is 12.1. The van der Waals surface area contributed by atoms with E-state index < -0.39 is 17.5 Å². The highest BCUT2D eigenvalue weighted by atomic mass is 16.4. The van der Waals surface area contributed by atoms with Gasteiger partial charge >= 0.3 is 5.97 Å². The molecule has 2 rings (SSSR count). The van der Waals surface area contributed by atoms with Gasteiger partial charge in [-0.2, -0.15) is 0 Å². The molecule has 1 fully saturated rings. The molecular formula is C16H21NO4. The fraction of sp³-hybridized carbons (Fsp3) is 0.500. The molecule has 1 aliphatic rings. The van der Waals surface area contributed by atoms with Crippen LogP contribution in [0.5, 0.6) is 0 Å². The summed E-state index contributed by atoms with van der Waals surface area (Å²) in [7, 11) is 0. The van der Waals surface area contributed by atoms with E-state index >= 15 is 0 Å². The summed E-state index contributed by atoms with van der Waals surface area (Å²) < 4.78 is 0. The van der Waals surface area contributed by atoms with Gasteiger partial charge in [0.25, 0.3) is 0 Å². The second-order valence-electron chi connectivity index (χ2n) is 5.70. The topological polar surface area (TPSA) is 86.6 Å². The number of rotatable bonds is 6. The van der Waals surface area contributed by atoms with Gasteiger partial charge in [-0.1, -0.05) is 36.2 Å². The first-order valence-corrected chi connectivity index (χ1v) is 7.22. The van der Waals surface area contributed by atoms with Gasteiger partial charge in [0, 0.05) is 13.0 Å². The minimum atomic E-state index is -1.43. The lowest BCUT2D eigenvalue weighted by Gasteiger charge is -2.41. The molecule has 1 atom stereocenters. The minimum absolute atomic E-state index is 0.0188. The van der Waals surface area contributed by atoms with E-state index in [1.54, 1.807) is 0 Å². The molecule has 3 N–H and O–H groups in total. The first-order chi connectivity index (χ1) is 9.95. The van der Waals surface area contributed by atoms with Crippen LogP contribution in [0.4, 0.5) is 0 Å². The third kappa shape index (κ3) is 3.24. The Morgan fingerprint density at radius 3 is 2.62 bits per heavy atom. The Balaban J connectivity index is 2.00. The molecule has 0 heterocycles. The number of carboxylic acid groups (broad SMARTS) is 1. The molecule has 1 unspecified atom stereocenters. The van der Waals surface area contributed by atoms with Gasteiger partial charge in [0.05, 0.1) is 5.41 Å². The average Bonchev–Trinajstić information content (AvgIpc) is 2.37. The number of carbonyl (C=O) groups excluding carboxylic acids is 1. The van der Waals surface area contributed by atoms with Crippen LogP contribution < -0.4 is 5.32 Å². The largest absolute Gasteiger partial charge is 0.479 e. The van der Waals surface area contributed by atoms with Crippen LogP contribution in [0.1, 0.15) is 36.8 Å². The normalized spacial score (nSPS) is 17.6. The van der Waals surface area contributed by atoms with Crippen molar-refractivity contribution in [3.8, 4) is 0 Å². The van der Waals surface area contributed by atoms with E-state index in [0.29, 0.717) is 0 Å². The molecule has 5 nitrogen and oxygen atoms in total. The molecule has 1 amide bonds. The van der Waals surface area contributed by atoms with Crippen molar-refractivity contribution in [1.29, 1.82) is 0 Å². The summed E-state index contributed by atoms with van der Waals surface area (Å²) >= 11 is 0. The van der Waals surface area contributed by atoms with Crippen molar-refractivity contribution in [3.63, 3.8) is 0 Å². The van der Waals surface area contributed by atoms with Crippen LogP contribution in [-0.2, 0) is 15.0 Å². The first kappa shape index (κ1) is 15.5. The van der Waals surface area contributed by atoms with E-state index in [1.165, 1.54) is 0 Å². The fourth-order valence-electron chi connectivity index (χ4n) is 2.73. The highest BCUT2D eigenvalue weighted by Crippen LogP contribution is 2.44. The number of aliphatic carboxylic acids is 1. The molecule has 5 heteroatoms. The van der Waals surface area contributed by atoms with Crippen LogP contribution in [0.25, 0.3) is 0 Å². The maximum absolute atomic E-state index is 12.5. The van der Waals surface area contributed by atoms with Crippen LogP contribution in [-0.4, -0.2) is 34.7 Å².